The first-order valence-electron chi connectivity index (χ1n) is 5.16. The summed E-state index contributed by atoms with van der Waals surface area (Å²) in [6.07, 6.45) is 1.02. The van der Waals surface area contributed by atoms with Gasteiger partial charge in [0.2, 0.25) is 5.95 Å². The number of methoxy groups -OCH3 is 2. The summed E-state index contributed by atoms with van der Waals surface area (Å²) >= 11 is 0. The van der Waals surface area contributed by atoms with Gasteiger partial charge in [0.25, 0.3) is 0 Å². The Bertz CT molecular complexity index is 575. The maximum absolute atomic E-state index is 13.7. The van der Waals surface area contributed by atoms with Gasteiger partial charge >= 0.3 is 0 Å². The fourth-order valence-corrected chi connectivity index (χ4v) is 1.64. The summed E-state index contributed by atoms with van der Waals surface area (Å²) in [4.78, 5) is 7.47. The summed E-state index contributed by atoms with van der Waals surface area (Å²) in [5.74, 6) is 0.315. The fourth-order valence-electron chi connectivity index (χ4n) is 1.64. The summed E-state index contributed by atoms with van der Waals surface area (Å²) in [6.45, 7) is 0. The minimum absolute atomic E-state index is 0.00345. The van der Waals surface area contributed by atoms with E-state index in [9.17, 15) is 4.39 Å². The van der Waals surface area contributed by atoms with Gasteiger partial charge in [0.05, 0.1) is 20.4 Å². The predicted octanol–water partition coefficient (Wildman–Crippen LogP) is 1.88. The van der Waals surface area contributed by atoms with Crippen molar-refractivity contribution in [3.05, 3.63) is 30.2 Å². The number of benzene rings is 1. The third-order valence-corrected chi connectivity index (χ3v) is 2.42. The van der Waals surface area contributed by atoms with Crippen LogP contribution in [0, 0.1) is 5.82 Å². The van der Waals surface area contributed by atoms with Crippen LogP contribution < -0.4 is 15.2 Å². The Kier molecular flexibility index (Phi) is 3.27. The first kappa shape index (κ1) is 12.1. The van der Waals surface area contributed by atoms with Gasteiger partial charge in [-0.1, -0.05) is 6.07 Å². The van der Waals surface area contributed by atoms with E-state index in [2.05, 4.69) is 9.97 Å². The highest BCUT2D eigenvalue weighted by Crippen LogP contribution is 2.37. The first-order chi connectivity index (χ1) is 8.67. The second-order valence-corrected chi connectivity index (χ2v) is 3.47. The molecular weight excluding hydrogens is 237 g/mol. The molecule has 0 spiro atoms. The fraction of sp³-hybridized carbons (Fsp3) is 0.167. The predicted molar refractivity (Wildman–Crippen MR) is 64.9 cm³/mol. The zero-order chi connectivity index (χ0) is 13.1. The molecule has 2 aromatic rings. The van der Waals surface area contributed by atoms with E-state index in [1.54, 1.807) is 18.2 Å². The Labute approximate surface area is 103 Å². The maximum atomic E-state index is 13.7. The highest BCUT2D eigenvalue weighted by Gasteiger charge is 2.16. The molecule has 1 aromatic carbocycles. The lowest BCUT2D eigenvalue weighted by Crippen LogP contribution is -2.01. The van der Waals surface area contributed by atoms with Crippen molar-refractivity contribution in [2.24, 2.45) is 0 Å². The summed E-state index contributed by atoms with van der Waals surface area (Å²) < 4.78 is 24.1. The summed E-state index contributed by atoms with van der Waals surface area (Å²) in [6, 6.07) is 5.10. The van der Waals surface area contributed by atoms with Crippen molar-refractivity contribution in [1.29, 1.82) is 0 Å². The Hall–Kier alpha value is -2.37. The van der Waals surface area contributed by atoms with Crippen LogP contribution in [-0.4, -0.2) is 24.2 Å². The van der Waals surface area contributed by atoms with Crippen LogP contribution in [0.15, 0.2) is 24.4 Å². The quantitative estimate of drug-likeness (QED) is 0.899. The average molecular weight is 249 g/mol. The number of para-hydroxylation sites is 1. The van der Waals surface area contributed by atoms with E-state index < -0.39 is 5.82 Å². The number of nitrogens with two attached hydrogens (primary N) is 1. The van der Waals surface area contributed by atoms with E-state index in [4.69, 9.17) is 15.2 Å². The molecule has 6 heteroatoms. The van der Waals surface area contributed by atoms with Crippen LogP contribution in [0.5, 0.6) is 11.5 Å². The third kappa shape index (κ3) is 2.04. The van der Waals surface area contributed by atoms with Gasteiger partial charge in [-0.05, 0) is 12.1 Å². The molecule has 0 bridgehead atoms. The van der Waals surface area contributed by atoms with Gasteiger partial charge < -0.3 is 15.2 Å². The number of anilines is 1. The molecule has 2 N–H and O–H groups in total. The van der Waals surface area contributed by atoms with Gasteiger partial charge in [0, 0.05) is 5.56 Å². The van der Waals surface area contributed by atoms with Gasteiger partial charge in [-0.3, -0.25) is 0 Å². The highest BCUT2D eigenvalue weighted by atomic mass is 19.1. The van der Waals surface area contributed by atoms with Crippen molar-refractivity contribution in [3.63, 3.8) is 0 Å². The smallest absolute Gasteiger partial charge is 0.220 e. The normalized spacial score (nSPS) is 10.2. The molecule has 0 saturated heterocycles. The molecule has 0 amide bonds. The number of nitrogens with zero attached hydrogens (tertiary/aromatic N) is 2. The van der Waals surface area contributed by atoms with E-state index in [1.165, 1.54) is 14.2 Å². The lowest BCUT2D eigenvalue weighted by molar-refractivity contribution is 0.356. The molecule has 0 aliphatic heterocycles. The Balaban J connectivity index is 2.66. The van der Waals surface area contributed by atoms with Gasteiger partial charge in [0.1, 0.15) is 5.69 Å². The molecule has 0 radical (unpaired) electrons. The number of aromatic nitrogens is 2. The molecule has 5 nitrogen and oxygen atoms in total. The molecule has 0 aliphatic carbocycles. The van der Waals surface area contributed by atoms with Gasteiger partial charge in [-0.15, -0.1) is 0 Å². The second kappa shape index (κ2) is 4.87. The molecule has 2 rings (SSSR count). The largest absolute Gasteiger partial charge is 0.493 e. The van der Waals surface area contributed by atoms with E-state index in [0.29, 0.717) is 17.1 Å². The molecular formula is C12H12FN3O2. The lowest BCUT2D eigenvalue weighted by atomic mass is 10.1. The molecule has 94 valence electrons. The number of rotatable bonds is 3. The highest BCUT2D eigenvalue weighted by molar-refractivity contribution is 5.71. The number of halogens is 1. The van der Waals surface area contributed by atoms with Crippen LogP contribution in [0.25, 0.3) is 11.3 Å². The van der Waals surface area contributed by atoms with Crippen molar-refractivity contribution >= 4 is 5.95 Å². The number of hydrogen-bond donors (Lipinski definition) is 1. The minimum atomic E-state index is -0.573. The summed E-state index contributed by atoms with van der Waals surface area (Å²) in [5.41, 5.74) is 6.01. The number of ether oxygens (including phenoxy) is 2. The van der Waals surface area contributed by atoms with Crippen LogP contribution in [0.3, 0.4) is 0 Å². The maximum Gasteiger partial charge on any atom is 0.220 e. The van der Waals surface area contributed by atoms with E-state index >= 15 is 0 Å². The van der Waals surface area contributed by atoms with Crippen molar-refractivity contribution < 1.29 is 13.9 Å². The van der Waals surface area contributed by atoms with Crippen molar-refractivity contribution in [2.75, 3.05) is 20.0 Å². The second-order valence-electron chi connectivity index (χ2n) is 3.47. The Morgan fingerprint density at radius 3 is 2.67 bits per heavy atom. The zero-order valence-electron chi connectivity index (χ0n) is 9.98. The van der Waals surface area contributed by atoms with Crippen molar-refractivity contribution in [1.82, 2.24) is 9.97 Å². The van der Waals surface area contributed by atoms with Gasteiger partial charge in [-0.2, -0.15) is 0 Å². The van der Waals surface area contributed by atoms with E-state index in [-0.39, 0.29) is 11.6 Å². The lowest BCUT2D eigenvalue weighted by Gasteiger charge is -2.12. The van der Waals surface area contributed by atoms with Crippen LogP contribution in [0.2, 0.25) is 0 Å². The van der Waals surface area contributed by atoms with E-state index in [1.807, 2.05) is 0 Å². The molecule has 0 fully saturated rings. The SMILES string of the molecule is COc1cccc(-c2nc(N)ncc2F)c1OC. The summed E-state index contributed by atoms with van der Waals surface area (Å²) in [5, 5.41) is 0. The van der Waals surface area contributed by atoms with Crippen LogP contribution in [0.1, 0.15) is 0 Å². The van der Waals surface area contributed by atoms with Crippen LogP contribution in [0.4, 0.5) is 10.3 Å². The third-order valence-electron chi connectivity index (χ3n) is 2.42. The van der Waals surface area contributed by atoms with Crippen molar-refractivity contribution in [3.8, 4) is 22.8 Å². The molecule has 0 atom stereocenters. The monoisotopic (exact) mass is 249 g/mol. The topological polar surface area (TPSA) is 70.3 Å². The minimum Gasteiger partial charge on any atom is -0.493 e. The summed E-state index contributed by atoms with van der Waals surface area (Å²) in [7, 11) is 2.98. The zero-order valence-corrected chi connectivity index (χ0v) is 9.98. The van der Waals surface area contributed by atoms with Gasteiger partial charge in [-0.25, -0.2) is 14.4 Å². The molecule has 0 saturated carbocycles. The average Bonchev–Trinajstić information content (AvgIpc) is 2.40. The van der Waals surface area contributed by atoms with Crippen LogP contribution >= 0.6 is 0 Å². The standard InChI is InChI=1S/C12H12FN3O2/c1-17-9-5-3-4-7(11(9)18-2)10-8(13)6-15-12(14)16-10/h3-6H,1-2H3,(H2,14,15,16). The molecule has 1 heterocycles. The first-order valence-corrected chi connectivity index (χ1v) is 5.16. The van der Waals surface area contributed by atoms with Gasteiger partial charge in [0.15, 0.2) is 17.3 Å². The number of hydrogen-bond acceptors (Lipinski definition) is 5. The van der Waals surface area contributed by atoms with Crippen LogP contribution in [-0.2, 0) is 0 Å². The van der Waals surface area contributed by atoms with E-state index in [0.717, 1.165) is 6.20 Å². The molecule has 0 aliphatic rings. The molecule has 1 aromatic heterocycles. The molecule has 18 heavy (non-hydrogen) atoms. The Morgan fingerprint density at radius 1 is 1.22 bits per heavy atom. The van der Waals surface area contributed by atoms with Crippen molar-refractivity contribution in [2.45, 2.75) is 0 Å². The molecule has 0 unspecified atom stereocenters. The Morgan fingerprint density at radius 2 is 2.00 bits per heavy atom. The number of nitrogen functional groups attached to an aromatic ring is 1.